The number of nitrogens with one attached hydrogen (secondary N) is 1. The summed E-state index contributed by atoms with van der Waals surface area (Å²) in [6, 6.07) is 15.4. The zero-order valence-electron chi connectivity index (χ0n) is 17.8. The first kappa shape index (κ1) is 21.7. The van der Waals surface area contributed by atoms with Crippen LogP contribution in [0.1, 0.15) is 43.9 Å². The molecular formula is C24H29NO5. The number of hydrogen-bond acceptors (Lipinski definition) is 5. The average Bonchev–Trinajstić information content (AvgIpc) is 2.70. The van der Waals surface area contributed by atoms with Crippen LogP contribution in [0.15, 0.2) is 48.5 Å². The number of carbonyl (C=O) groups is 2. The van der Waals surface area contributed by atoms with E-state index in [0.717, 1.165) is 24.8 Å². The predicted molar refractivity (Wildman–Crippen MR) is 113 cm³/mol. The number of aryl methyl sites for hydroxylation is 1. The van der Waals surface area contributed by atoms with Crippen molar-refractivity contribution in [3.05, 3.63) is 65.2 Å². The van der Waals surface area contributed by atoms with Crippen LogP contribution in [-0.4, -0.2) is 30.3 Å². The molecule has 0 fully saturated rings. The molecule has 1 aliphatic carbocycles. The van der Waals surface area contributed by atoms with Gasteiger partial charge in [-0.2, -0.15) is 0 Å². The largest absolute Gasteiger partial charge is 0.482 e. The van der Waals surface area contributed by atoms with E-state index in [-0.39, 0.29) is 25.3 Å². The van der Waals surface area contributed by atoms with Crippen molar-refractivity contribution >= 4 is 12.1 Å². The van der Waals surface area contributed by atoms with Gasteiger partial charge in [0, 0.05) is 6.04 Å². The Kier molecular flexibility index (Phi) is 6.98. The Hall–Kier alpha value is -3.02. The van der Waals surface area contributed by atoms with Crippen molar-refractivity contribution in [2.24, 2.45) is 0 Å². The first-order valence-corrected chi connectivity index (χ1v) is 10.2. The maximum Gasteiger partial charge on any atom is 0.407 e. The SMILES string of the molecule is CC(C)(C)OC(=O)NC1CCc2cc(OCC(=O)OCc3ccccc3)ccc2C1. The lowest BCUT2D eigenvalue weighted by atomic mass is 9.88. The van der Waals surface area contributed by atoms with Gasteiger partial charge in [-0.25, -0.2) is 9.59 Å². The third-order valence-corrected chi connectivity index (χ3v) is 4.73. The number of carbonyl (C=O) groups excluding carboxylic acids is 2. The summed E-state index contributed by atoms with van der Waals surface area (Å²) in [6.07, 6.45) is 2.01. The maximum absolute atomic E-state index is 12.0. The summed E-state index contributed by atoms with van der Waals surface area (Å²) in [5.74, 6) is 0.238. The third kappa shape index (κ3) is 6.79. The lowest BCUT2D eigenvalue weighted by molar-refractivity contribution is -0.147. The van der Waals surface area contributed by atoms with Crippen molar-refractivity contribution in [1.29, 1.82) is 0 Å². The molecule has 1 amide bonds. The number of hydrogen-bond donors (Lipinski definition) is 1. The molecule has 0 saturated carbocycles. The molecule has 0 saturated heterocycles. The van der Waals surface area contributed by atoms with E-state index in [9.17, 15) is 9.59 Å². The van der Waals surface area contributed by atoms with Gasteiger partial charge in [-0.1, -0.05) is 36.4 Å². The van der Waals surface area contributed by atoms with Crippen LogP contribution in [0.3, 0.4) is 0 Å². The van der Waals surface area contributed by atoms with Crippen LogP contribution >= 0.6 is 0 Å². The Morgan fingerprint density at radius 3 is 2.57 bits per heavy atom. The number of esters is 1. The molecule has 1 unspecified atom stereocenters. The van der Waals surface area contributed by atoms with Gasteiger partial charge in [0.1, 0.15) is 18.0 Å². The van der Waals surface area contributed by atoms with Crippen LogP contribution in [-0.2, 0) is 33.7 Å². The van der Waals surface area contributed by atoms with Crippen molar-refractivity contribution < 1.29 is 23.8 Å². The van der Waals surface area contributed by atoms with Gasteiger partial charge >= 0.3 is 12.1 Å². The third-order valence-electron chi connectivity index (χ3n) is 4.73. The normalized spacial score (nSPS) is 15.6. The van der Waals surface area contributed by atoms with Gasteiger partial charge in [-0.05, 0) is 68.9 Å². The van der Waals surface area contributed by atoms with E-state index in [1.165, 1.54) is 11.1 Å². The van der Waals surface area contributed by atoms with Crippen molar-refractivity contribution in [2.45, 2.75) is 58.3 Å². The van der Waals surface area contributed by atoms with Gasteiger partial charge in [0.2, 0.25) is 0 Å². The molecule has 0 radical (unpaired) electrons. The van der Waals surface area contributed by atoms with Gasteiger partial charge in [-0.15, -0.1) is 0 Å². The van der Waals surface area contributed by atoms with Gasteiger partial charge in [0.05, 0.1) is 0 Å². The number of rotatable bonds is 6. The van der Waals surface area contributed by atoms with Crippen LogP contribution in [0, 0.1) is 0 Å². The summed E-state index contributed by atoms with van der Waals surface area (Å²) < 4.78 is 16.2. The molecule has 2 aromatic rings. The average molecular weight is 411 g/mol. The highest BCUT2D eigenvalue weighted by atomic mass is 16.6. The summed E-state index contributed by atoms with van der Waals surface area (Å²) in [4.78, 5) is 23.9. The number of alkyl carbamates (subject to hydrolysis) is 1. The van der Waals surface area contributed by atoms with E-state index in [2.05, 4.69) is 5.32 Å². The lowest BCUT2D eigenvalue weighted by Gasteiger charge is -2.27. The molecule has 1 aliphatic rings. The minimum absolute atomic E-state index is 0.0482. The minimum Gasteiger partial charge on any atom is -0.482 e. The molecular weight excluding hydrogens is 382 g/mol. The Labute approximate surface area is 177 Å². The number of fused-ring (bicyclic) bond motifs is 1. The van der Waals surface area contributed by atoms with Gasteiger partial charge in [0.25, 0.3) is 0 Å². The molecule has 6 nitrogen and oxygen atoms in total. The first-order chi connectivity index (χ1) is 14.3. The molecule has 1 atom stereocenters. The molecule has 0 heterocycles. The van der Waals surface area contributed by atoms with Gasteiger partial charge < -0.3 is 19.5 Å². The summed E-state index contributed by atoms with van der Waals surface area (Å²) in [5, 5.41) is 2.94. The summed E-state index contributed by atoms with van der Waals surface area (Å²) in [6.45, 7) is 5.65. The highest BCUT2D eigenvalue weighted by molar-refractivity contribution is 5.71. The molecule has 0 spiro atoms. The zero-order valence-corrected chi connectivity index (χ0v) is 17.8. The van der Waals surface area contributed by atoms with Crippen LogP contribution in [0.25, 0.3) is 0 Å². The van der Waals surface area contributed by atoms with Crippen LogP contribution in [0.5, 0.6) is 5.75 Å². The topological polar surface area (TPSA) is 73.9 Å². The van der Waals surface area contributed by atoms with Crippen LogP contribution < -0.4 is 10.1 Å². The number of amides is 1. The quantitative estimate of drug-likeness (QED) is 0.722. The smallest absolute Gasteiger partial charge is 0.407 e. The Morgan fingerprint density at radius 2 is 1.83 bits per heavy atom. The Morgan fingerprint density at radius 1 is 1.07 bits per heavy atom. The summed E-state index contributed by atoms with van der Waals surface area (Å²) >= 11 is 0. The molecule has 1 N–H and O–H groups in total. The zero-order chi connectivity index (χ0) is 21.6. The second-order valence-corrected chi connectivity index (χ2v) is 8.45. The lowest BCUT2D eigenvalue weighted by Crippen LogP contribution is -2.41. The van der Waals surface area contributed by atoms with Crippen LogP contribution in [0.2, 0.25) is 0 Å². The fourth-order valence-electron chi connectivity index (χ4n) is 3.34. The summed E-state index contributed by atoms with van der Waals surface area (Å²) in [5.41, 5.74) is 2.77. The molecule has 30 heavy (non-hydrogen) atoms. The van der Waals surface area contributed by atoms with Gasteiger partial charge in [-0.3, -0.25) is 0 Å². The molecule has 0 bridgehead atoms. The monoisotopic (exact) mass is 411 g/mol. The van der Waals surface area contributed by atoms with E-state index >= 15 is 0 Å². The number of benzene rings is 2. The van der Waals surface area contributed by atoms with Crippen molar-refractivity contribution in [3.8, 4) is 5.75 Å². The second kappa shape index (κ2) is 9.65. The maximum atomic E-state index is 12.0. The Bertz CT molecular complexity index is 873. The highest BCUT2D eigenvalue weighted by Crippen LogP contribution is 2.26. The van der Waals surface area contributed by atoms with Crippen molar-refractivity contribution in [2.75, 3.05) is 6.61 Å². The standard InChI is InChI=1S/C24H29NO5/c1-24(2,3)30-23(27)25-20-11-9-19-14-21(12-10-18(19)13-20)28-16-22(26)29-15-17-7-5-4-6-8-17/h4-8,10,12,14,20H,9,11,13,15-16H2,1-3H3,(H,25,27). The van der Waals surface area contributed by atoms with Crippen LogP contribution in [0.4, 0.5) is 4.79 Å². The molecule has 160 valence electrons. The van der Waals surface area contributed by atoms with E-state index in [0.29, 0.717) is 5.75 Å². The molecule has 0 aromatic heterocycles. The molecule has 6 heteroatoms. The summed E-state index contributed by atoms with van der Waals surface area (Å²) in [7, 11) is 0. The van der Waals surface area contributed by atoms with Crippen molar-refractivity contribution in [1.82, 2.24) is 5.32 Å². The fraction of sp³-hybridized carbons (Fsp3) is 0.417. The van der Waals surface area contributed by atoms with Gasteiger partial charge in [0.15, 0.2) is 6.61 Å². The Balaban J connectivity index is 1.46. The molecule has 2 aromatic carbocycles. The molecule has 0 aliphatic heterocycles. The minimum atomic E-state index is -0.509. The van der Waals surface area contributed by atoms with E-state index < -0.39 is 11.6 Å². The highest BCUT2D eigenvalue weighted by Gasteiger charge is 2.23. The van der Waals surface area contributed by atoms with Crippen molar-refractivity contribution in [3.63, 3.8) is 0 Å². The van der Waals surface area contributed by atoms with E-state index in [4.69, 9.17) is 14.2 Å². The fourth-order valence-corrected chi connectivity index (χ4v) is 3.34. The second-order valence-electron chi connectivity index (χ2n) is 8.45. The molecule has 3 rings (SSSR count). The van der Waals surface area contributed by atoms with E-state index in [1.807, 2.05) is 69.3 Å². The number of ether oxygens (including phenoxy) is 3. The van der Waals surface area contributed by atoms with E-state index in [1.54, 1.807) is 0 Å². The first-order valence-electron chi connectivity index (χ1n) is 10.2. The predicted octanol–water partition coefficient (Wildman–Crippen LogP) is 4.19.